The van der Waals surface area contributed by atoms with E-state index < -0.39 is 0 Å². The third-order valence-electron chi connectivity index (χ3n) is 1.17. The molecule has 2 heteroatoms. The molecule has 54 valence electrons. The molecule has 0 N–H and O–H groups in total. The first-order valence-electron chi connectivity index (χ1n) is 3.43. The summed E-state index contributed by atoms with van der Waals surface area (Å²) in [5.41, 5.74) is 1.09. The molecular formula is C8H11NS. The summed E-state index contributed by atoms with van der Waals surface area (Å²) in [4.78, 5) is 1.27. The average Bonchev–Trinajstić information content (AvgIpc) is 2.31. The molecule has 0 aromatic carbocycles. The first kappa shape index (κ1) is 7.48. The molecule has 1 heterocycles. The van der Waals surface area contributed by atoms with Crippen LogP contribution in [0.3, 0.4) is 0 Å². The third-order valence-corrected chi connectivity index (χ3v) is 1.88. The maximum absolute atomic E-state index is 4.21. The standard InChI is InChI=1S/C8H11NS/c1-3-4-5-8-6-7(2)10-9-8/h4-6H,3H2,1-2H3/b5-4+. The van der Waals surface area contributed by atoms with Gasteiger partial charge in [-0.05, 0) is 37.0 Å². The van der Waals surface area contributed by atoms with E-state index in [9.17, 15) is 0 Å². The Hall–Kier alpha value is -0.630. The molecule has 1 nitrogen and oxygen atoms in total. The summed E-state index contributed by atoms with van der Waals surface area (Å²) >= 11 is 1.55. The lowest BCUT2D eigenvalue weighted by Gasteiger charge is -1.78. The second kappa shape index (κ2) is 3.52. The van der Waals surface area contributed by atoms with Gasteiger partial charge in [0.05, 0.1) is 5.69 Å². The molecule has 0 amide bonds. The van der Waals surface area contributed by atoms with Crippen molar-refractivity contribution < 1.29 is 0 Å². The molecule has 0 spiro atoms. The fourth-order valence-electron chi connectivity index (χ4n) is 0.703. The van der Waals surface area contributed by atoms with E-state index in [1.807, 2.05) is 0 Å². The van der Waals surface area contributed by atoms with E-state index in [0.717, 1.165) is 12.1 Å². The van der Waals surface area contributed by atoms with E-state index in [0.29, 0.717) is 0 Å². The van der Waals surface area contributed by atoms with Gasteiger partial charge in [0.2, 0.25) is 0 Å². The highest BCUT2D eigenvalue weighted by Gasteiger charge is 1.90. The van der Waals surface area contributed by atoms with Crippen molar-refractivity contribution in [1.82, 2.24) is 4.37 Å². The van der Waals surface area contributed by atoms with Crippen LogP contribution >= 0.6 is 11.5 Å². The third kappa shape index (κ3) is 1.95. The van der Waals surface area contributed by atoms with Crippen LogP contribution < -0.4 is 0 Å². The lowest BCUT2D eigenvalue weighted by molar-refractivity contribution is 1.23. The first-order valence-corrected chi connectivity index (χ1v) is 4.20. The molecule has 0 radical (unpaired) electrons. The predicted molar refractivity (Wildman–Crippen MR) is 46.2 cm³/mol. The van der Waals surface area contributed by atoms with Gasteiger partial charge in [-0.1, -0.05) is 13.0 Å². The van der Waals surface area contributed by atoms with Crippen LogP contribution in [0.1, 0.15) is 23.9 Å². The maximum atomic E-state index is 4.21. The van der Waals surface area contributed by atoms with Crippen molar-refractivity contribution in [2.24, 2.45) is 0 Å². The van der Waals surface area contributed by atoms with Crippen LogP contribution in [0.15, 0.2) is 12.1 Å². The summed E-state index contributed by atoms with van der Waals surface area (Å²) in [6.45, 7) is 4.19. The van der Waals surface area contributed by atoms with Crippen molar-refractivity contribution >= 4 is 17.6 Å². The highest BCUT2D eigenvalue weighted by atomic mass is 32.1. The maximum Gasteiger partial charge on any atom is 0.0767 e. The van der Waals surface area contributed by atoms with E-state index in [1.54, 1.807) is 11.5 Å². The molecule has 0 saturated heterocycles. The molecular weight excluding hydrogens is 142 g/mol. The van der Waals surface area contributed by atoms with Gasteiger partial charge < -0.3 is 0 Å². The van der Waals surface area contributed by atoms with Crippen LogP contribution in [-0.2, 0) is 0 Å². The number of nitrogens with zero attached hydrogens (tertiary/aromatic N) is 1. The quantitative estimate of drug-likeness (QED) is 0.636. The number of allylic oxidation sites excluding steroid dienone is 1. The number of hydrogen-bond donors (Lipinski definition) is 0. The molecule has 0 fully saturated rings. The molecule has 0 saturated carbocycles. The fourth-order valence-corrected chi connectivity index (χ4v) is 1.24. The molecule has 1 aromatic rings. The molecule has 0 unspecified atom stereocenters. The van der Waals surface area contributed by atoms with E-state index in [4.69, 9.17) is 0 Å². The monoisotopic (exact) mass is 153 g/mol. The highest BCUT2D eigenvalue weighted by Crippen LogP contribution is 2.09. The summed E-state index contributed by atoms with van der Waals surface area (Å²) in [6.07, 6.45) is 5.26. The van der Waals surface area contributed by atoms with Crippen LogP contribution in [0, 0.1) is 6.92 Å². The number of aromatic nitrogens is 1. The number of rotatable bonds is 2. The Bertz CT molecular complexity index is 225. The van der Waals surface area contributed by atoms with Crippen LogP contribution in [-0.4, -0.2) is 4.37 Å². The van der Waals surface area contributed by atoms with Crippen molar-refractivity contribution in [3.63, 3.8) is 0 Å². The largest absolute Gasteiger partial charge is 0.193 e. The molecule has 1 aromatic heterocycles. The SMILES string of the molecule is CC/C=C/c1cc(C)sn1. The smallest absolute Gasteiger partial charge is 0.0767 e. The molecule has 0 aliphatic carbocycles. The van der Waals surface area contributed by atoms with Crippen molar-refractivity contribution in [1.29, 1.82) is 0 Å². The van der Waals surface area contributed by atoms with Gasteiger partial charge in [-0.25, -0.2) is 0 Å². The summed E-state index contributed by atoms with van der Waals surface area (Å²) in [6, 6.07) is 2.09. The van der Waals surface area contributed by atoms with E-state index in [1.165, 1.54) is 4.88 Å². The summed E-state index contributed by atoms with van der Waals surface area (Å²) in [5.74, 6) is 0. The van der Waals surface area contributed by atoms with E-state index in [-0.39, 0.29) is 0 Å². The fraction of sp³-hybridized carbons (Fsp3) is 0.375. The zero-order chi connectivity index (χ0) is 7.40. The number of aryl methyl sites for hydroxylation is 1. The van der Waals surface area contributed by atoms with Gasteiger partial charge in [-0.15, -0.1) is 0 Å². The molecule has 10 heavy (non-hydrogen) atoms. The van der Waals surface area contributed by atoms with Gasteiger partial charge in [-0.2, -0.15) is 4.37 Å². The van der Waals surface area contributed by atoms with Gasteiger partial charge in [0.25, 0.3) is 0 Å². The van der Waals surface area contributed by atoms with Crippen molar-refractivity contribution in [2.75, 3.05) is 0 Å². The lowest BCUT2D eigenvalue weighted by atomic mass is 10.3. The summed E-state index contributed by atoms with van der Waals surface area (Å²) in [5, 5.41) is 0. The second-order valence-electron chi connectivity index (χ2n) is 2.17. The van der Waals surface area contributed by atoms with Crippen LogP contribution in [0.2, 0.25) is 0 Å². The molecule has 0 aliphatic rings. The Kier molecular flexibility index (Phi) is 2.63. The first-order chi connectivity index (χ1) is 4.83. The van der Waals surface area contributed by atoms with Crippen molar-refractivity contribution in [2.45, 2.75) is 20.3 Å². The zero-order valence-corrected chi connectivity index (χ0v) is 7.11. The van der Waals surface area contributed by atoms with Crippen molar-refractivity contribution in [3.8, 4) is 0 Å². The Balaban J connectivity index is 2.67. The summed E-state index contributed by atoms with van der Waals surface area (Å²) < 4.78 is 4.21. The topological polar surface area (TPSA) is 12.9 Å². The van der Waals surface area contributed by atoms with Crippen LogP contribution in [0.5, 0.6) is 0 Å². The minimum Gasteiger partial charge on any atom is -0.193 e. The van der Waals surface area contributed by atoms with E-state index >= 15 is 0 Å². The Morgan fingerprint density at radius 3 is 3.00 bits per heavy atom. The van der Waals surface area contributed by atoms with Gasteiger partial charge >= 0.3 is 0 Å². The van der Waals surface area contributed by atoms with Gasteiger partial charge in [0, 0.05) is 4.88 Å². The lowest BCUT2D eigenvalue weighted by Crippen LogP contribution is -1.64. The molecule has 1 rings (SSSR count). The van der Waals surface area contributed by atoms with E-state index in [2.05, 4.69) is 36.4 Å². The average molecular weight is 153 g/mol. The minimum absolute atomic E-state index is 1.08. The molecule has 0 aliphatic heterocycles. The Morgan fingerprint density at radius 2 is 2.50 bits per heavy atom. The van der Waals surface area contributed by atoms with Crippen LogP contribution in [0.25, 0.3) is 6.08 Å². The minimum atomic E-state index is 1.08. The number of hydrogen-bond acceptors (Lipinski definition) is 2. The van der Waals surface area contributed by atoms with Crippen LogP contribution in [0.4, 0.5) is 0 Å². The molecule has 0 bridgehead atoms. The van der Waals surface area contributed by atoms with Gasteiger partial charge in [0.1, 0.15) is 0 Å². The highest BCUT2D eigenvalue weighted by molar-refractivity contribution is 7.05. The second-order valence-corrected chi connectivity index (χ2v) is 3.18. The molecule has 0 atom stereocenters. The zero-order valence-electron chi connectivity index (χ0n) is 6.29. The summed E-state index contributed by atoms with van der Waals surface area (Å²) in [7, 11) is 0. The predicted octanol–water partition coefficient (Wildman–Crippen LogP) is 2.87. The van der Waals surface area contributed by atoms with Crippen molar-refractivity contribution in [3.05, 3.63) is 22.7 Å². The van der Waals surface area contributed by atoms with Gasteiger partial charge in [0.15, 0.2) is 0 Å². The Morgan fingerprint density at radius 1 is 1.70 bits per heavy atom. The Labute approximate surface area is 65.6 Å². The normalized spacial score (nSPS) is 11.0. The van der Waals surface area contributed by atoms with Gasteiger partial charge in [-0.3, -0.25) is 0 Å².